The summed E-state index contributed by atoms with van der Waals surface area (Å²) in [7, 11) is 1.44. The molecule has 204 valence electrons. The van der Waals surface area contributed by atoms with Crippen molar-refractivity contribution in [3.8, 4) is 22.5 Å². The van der Waals surface area contributed by atoms with Gasteiger partial charge in [0.25, 0.3) is 0 Å². The third-order valence-corrected chi connectivity index (χ3v) is 7.13. The quantitative estimate of drug-likeness (QED) is 0.288. The molecule has 10 heteroatoms. The number of aromatic amines is 1. The van der Waals surface area contributed by atoms with E-state index in [4.69, 9.17) is 9.72 Å². The van der Waals surface area contributed by atoms with Crippen LogP contribution in [0.4, 0.5) is 5.82 Å². The Labute approximate surface area is 229 Å². The summed E-state index contributed by atoms with van der Waals surface area (Å²) in [6.45, 7) is 7.75. The molecule has 0 radical (unpaired) electrons. The Morgan fingerprint density at radius 1 is 1.05 bits per heavy atom. The van der Waals surface area contributed by atoms with E-state index in [9.17, 15) is 4.79 Å². The maximum atomic E-state index is 12.2. The van der Waals surface area contributed by atoms with E-state index in [-0.39, 0.29) is 12.5 Å². The van der Waals surface area contributed by atoms with Gasteiger partial charge < -0.3 is 14.2 Å². The molecule has 0 aliphatic carbocycles. The number of rotatable bonds is 11. The van der Waals surface area contributed by atoms with Gasteiger partial charge in [0, 0.05) is 25.1 Å². The van der Waals surface area contributed by atoms with Crippen molar-refractivity contribution in [1.82, 2.24) is 35.1 Å². The van der Waals surface area contributed by atoms with Crippen LogP contribution in [0.2, 0.25) is 0 Å². The number of carbonyl (C=O) groups excluding carboxylic acids is 1. The van der Waals surface area contributed by atoms with E-state index in [0.29, 0.717) is 12.5 Å². The number of imidazole rings is 1. The number of nitrogens with zero attached hydrogens (tertiary/aromatic N) is 7. The molecule has 3 heterocycles. The fourth-order valence-electron chi connectivity index (χ4n) is 5.20. The fourth-order valence-corrected chi connectivity index (χ4v) is 5.20. The third kappa shape index (κ3) is 5.85. The van der Waals surface area contributed by atoms with Gasteiger partial charge in [-0.25, -0.2) is 4.98 Å². The van der Waals surface area contributed by atoms with E-state index in [1.54, 1.807) is 0 Å². The van der Waals surface area contributed by atoms with Gasteiger partial charge in [-0.3, -0.25) is 9.69 Å². The first-order chi connectivity index (χ1) is 19.1. The van der Waals surface area contributed by atoms with Gasteiger partial charge in [0.05, 0.1) is 19.5 Å². The van der Waals surface area contributed by atoms with Crippen molar-refractivity contribution in [2.75, 3.05) is 31.8 Å². The van der Waals surface area contributed by atoms with Crippen LogP contribution in [-0.2, 0) is 29.0 Å². The lowest BCUT2D eigenvalue weighted by Gasteiger charge is -2.35. The molecule has 1 N–H and O–H groups in total. The number of aryl methyl sites for hydroxylation is 1. The second-order valence-corrected chi connectivity index (χ2v) is 9.93. The van der Waals surface area contributed by atoms with E-state index in [0.717, 1.165) is 79.3 Å². The molecule has 0 atom stereocenters. The van der Waals surface area contributed by atoms with Crippen molar-refractivity contribution < 1.29 is 9.53 Å². The maximum absolute atomic E-state index is 12.2. The summed E-state index contributed by atoms with van der Waals surface area (Å²) in [5.74, 6) is 2.31. The Bertz CT molecular complexity index is 1380. The van der Waals surface area contributed by atoms with Crippen LogP contribution in [0, 0.1) is 0 Å². The highest BCUT2D eigenvalue weighted by Crippen LogP contribution is 2.32. The minimum Gasteiger partial charge on any atom is -0.468 e. The number of benzene rings is 2. The molecular weight excluding hydrogens is 492 g/mol. The molecule has 4 aromatic rings. The number of hydrogen-bond acceptors (Lipinski definition) is 8. The van der Waals surface area contributed by atoms with Crippen molar-refractivity contribution >= 4 is 11.8 Å². The molecule has 0 unspecified atom stereocenters. The molecule has 39 heavy (non-hydrogen) atoms. The van der Waals surface area contributed by atoms with Crippen molar-refractivity contribution in [2.45, 2.75) is 52.6 Å². The average Bonchev–Trinajstić information content (AvgIpc) is 3.62. The van der Waals surface area contributed by atoms with Crippen molar-refractivity contribution in [1.29, 1.82) is 0 Å². The number of aromatic nitrogens is 6. The highest BCUT2D eigenvalue weighted by Gasteiger charge is 2.30. The molecule has 1 aliphatic heterocycles. The summed E-state index contributed by atoms with van der Waals surface area (Å²) in [6.07, 6.45) is 4.11. The summed E-state index contributed by atoms with van der Waals surface area (Å²) in [5, 5.41) is 14.6. The molecular formula is C29H36N8O2. The van der Waals surface area contributed by atoms with Crippen LogP contribution >= 0.6 is 0 Å². The minimum absolute atomic E-state index is 0.197. The Morgan fingerprint density at radius 3 is 2.54 bits per heavy atom. The Hall–Kier alpha value is -4.05. The predicted molar refractivity (Wildman–Crippen MR) is 150 cm³/mol. The molecule has 1 aliphatic rings. The van der Waals surface area contributed by atoms with Crippen molar-refractivity contribution in [3.63, 3.8) is 0 Å². The molecule has 2 aromatic carbocycles. The highest BCUT2D eigenvalue weighted by atomic mass is 16.5. The van der Waals surface area contributed by atoms with Crippen LogP contribution in [0.1, 0.15) is 50.2 Å². The minimum atomic E-state index is -0.249. The van der Waals surface area contributed by atoms with E-state index in [1.165, 1.54) is 12.7 Å². The van der Waals surface area contributed by atoms with Crippen LogP contribution in [0.15, 0.2) is 48.5 Å². The Balaban J connectivity index is 1.46. The van der Waals surface area contributed by atoms with Crippen molar-refractivity contribution in [3.05, 3.63) is 65.6 Å². The SMILES string of the molecule is CCCCc1nc2c(n1Cc1ccc(-c3ccccc3-c3nn[nH]n3)cc1)CN(CCC)CN2CC(=O)OC. The first-order valence-electron chi connectivity index (χ1n) is 13.7. The summed E-state index contributed by atoms with van der Waals surface area (Å²) in [4.78, 5) is 21.8. The monoisotopic (exact) mass is 528 g/mol. The van der Waals surface area contributed by atoms with Gasteiger partial charge in [-0.2, -0.15) is 5.21 Å². The lowest BCUT2D eigenvalue weighted by Crippen LogP contribution is -2.45. The van der Waals surface area contributed by atoms with Gasteiger partial charge in [-0.15, -0.1) is 10.2 Å². The number of H-pyrrole nitrogens is 1. The normalized spacial score (nSPS) is 13.5. The molecule has 5 rings (SSSR count). The second kappa shape index (κ2) is 12.2. The summed E-state index contributed by atoms with van der Waals surface area (Å²) >= 11 is 0. The predicted octanol–water partition coefficient (Wildman–Crippen LogP) is 4.28. The number of methoxy groups -OCH3 is 1. The molecule has 10 nitrogen and oxygen atoms in total. The van der Waals surface area contributed by atoms with Gasteiger partial charge in [0.2, 0.25) is 5.82 Å². The summed E-state index contributed by atoms with van der Waals surface area (Å²) in [5.41, 5.74) is 5.45. The summed E-state index contributed by atoms with van der Waals surface area (Å²) in [6, 6.07) is 16.7. The molecule has 0 bridgehead atoms. The molecule has 0 saturated heterocycles. The largest absolute Gasteiger partial charge is 0.468 e. The number of unbranched alkanes of at least 4 members (excludes halogenated alkanes) is 1. The van der Waals surface area contributed by atoms with E-state index < -0.39 is 0 Å². The fraction of sp³-hybridized carbons (Fsp3) is 0.414. The smallest absolute Gasteiger partial charge is 0.325 e. The lowest BCUT2D eigenvalue weighted by molar-refractivity contribution is -0.139. The topological polar surface area (TPSA) is 105 Å². The second-order valence-electron chi connectivity index (χ2n) is 9.93. The van der Waals surface area contributed by atoms with Gasteiger partial charge in [-0.05, 0) is 41.3 Å². The van der Waals surface area contributed by atoms with Crippen LogP contribution < -0.4 is 4.90 Å². The molecule has 0 spiro atoms. The zero-order valence-corrected chi connectivity index (χ0v) is 22.9. The molecule has 0 amide bonds. The van der Waals surface area contributed by atoms with Crippen LogP contribution in [-0.4, -0.2) is 67.9 Å². The Kier molecular flexibility index (Phi) is 8.31. The number of fused-ring (bicyclic) bond motifs is 1. The van der Waals surface area contributed by atoms with Gasteiger partial charge in [-0.1, -0.05) is 68.8 Å². The number of esters is 1. The number of tetrazole rings is 1. The number of anilines is 1. The van der Waals surface area contributed by atoms with E-state index in [1.807, 2.05) is 18.2 Å². The van der Waals surface area contributed by atoms with Gasteiger partial charge in [0.1, 0.15) is 12.4 Å². The van der Waals surface area contributed by atoms with Gasteiger partial charge >= 0.3 is 5.97 Å². The van der Waals surface area contributed by atoms with Crippen LogP contribution in [0.25, 0.3) is 22.5 Å². The van der Waals surface area contributed by atoms with E-state index >= 15 is 0 Å². The number of ether oxygens (including phenoxy) is 1. The van der Waals surface area contributed by atoms with E-state index in [2.05, 4.69) is 79.2 Å². The molecule has 0 saturated carbocycles. The van der Waals surface area contributed by atoms with Gasteiger partial charge in [0.15, 0.2) is 5.82 Å². The average molecular weight is 529 g/mol. The number of nitrogens with one attached hydrogen (secondary N) is 1. The highest BCUT2D eigenvalue weighted by molar-refractivity contribution is 5.80. The molecule has 0 fully saturated rings. The third-order valence-electron chi connectivity index (χ3n) is 7.13. The Morgan fingerprint density at radius 2 is 1.85 bits per heavy atom. The zero-order chi connectivity index (χ0) is 27.2. The number of hydrogen-bond donors (Lipinski definition) is 1. The first-order valence-corrected chi connectivity index (χ1v) is 13.7. The standard InChI is InChI=1S/C29H36N8O2/c1-4-6-11-26-30-29-25(18-35(16-5-2)20-36(29)19-27(38)39-3)37(26)17-21-12-14-22(15-13-21)23-9-7-8-10-24(23)28-31-33-34-32-28/h7-10,12-15H,4-6,11,16-20H2,1-3H3,(H,31,32,33,34). The zero-order valence-electron chi connectivity index (χ0n) is 22.9. The van der Waals surface area contributed by atoms with Crippen molar-refractivity contribution in [2.24, 2.45) is 0 Å². The lowest BCUT2D eigenvalue weighted by atomic mass is 9.98. The number of carbonyl (C=O) groups is 1. The maximum Gasteiger partial charge on any atom is 0.325 e. The van der Waals surface area contributed by atoms with Crippen LogP contribution in [0.3, 0.4) is 0 Å². The molecule has 2 aromatic heterocycles. The van der Waals surface area contributed by atoms with Crippen LogP contribution in [0.5, 0.6) is 0 Å². The summed E-state index contributed by atoms with van der Waals surface area (Å²) < 4.78 is 7.35. The first kappa shape index (κ1) is 26.6.